The van der Waals surface area contributed by atoms with E-state index in [1.54, 1.807) is 17.3 Å². The van der Waals surface area contributed by atoms with Crippen LogP contribution in [-0.2, 0) is 0 Å². The predicted molar refractivity (Wildman–Crippen MR) is 86.4 cm³/mol. The minimum absolute atomic E-state index is 0.00606. The van der Waals surface area contributed by atoms with E-state index in [0.717, 1.165) is 15.7 Å². The SMILES string of the molecule is O=C(c1nc2ncc(Br)cn2n1)N1CC(CO)c2ccccc21. The average Bonchev–Trinajstić information content (AvgIpc) is 3.15. The Balaban J connectivity index is 1.74. The molecule has 8 heteroatoms. The molecular weight excluding hydrogens is 362 g/mol. The third-order valence-electron chi connectivity index (χ3n) is 3.89. The van der Waals surface area contributed by atoms with Gasteiger partial charge in [0.15, 0.2) is 0 Å². The topological polar surface area (TPSA) is 83.6 Å². The highest BCUT2D eigenvalue weighted by Gasteiger charge is 2.33. The van der Waals surface area contributed by atoms with Crippen molar-refractivity contribution in [3.8, 4) is 0 Å². The zero-order valence-electron chi connectivity index (χ0n) is 11.9. The van der Waals surface area contributed by atoms with Crippen molar-refractivity contribution < 1.29 is 9.90 Å². The Morgan fingerprint density at radius 3 is 3.04 bits per heavy atom. The first-order chi connectivity index (χ1) is 11.2. The minimum atomic E-state index is -0.296. The molecule has 0 saturated heterocycles. The fourth-order valence-electron chi connectivity index (χ4n) is 2.81. The van der Waals surface area contributed by atoms with E-state index < -0.39 is 0 Å². The molecule has 3 aromatic rings. The van der Waals surface area contributed by atoms with Gasteiger partial charge in [-0.05, 0) is 27.6 Å². The van der Waals surface area contributed by atoms with Crippen LogP contribution < -0.4 is 4.90 Å². The lowest BCUT2D eigenvalue weighted by atomic mass is 10.0. The quantitative estimate of drug-likeness (QED) is 0.737. The number of nitrogens with zero attached hydrogens (tertiary/aromatic N) is 5. The first kappa shape index (κ1) is 14.3. The van der Waals surface area contributed by atoms with Crippen LogP contribution in [0, 0.1) is 0 Å². The number of halogens is 1. The van der Waals surface area contributed by atoms with Gasteiger partial charge in [0.1, 0.15) is 0 Å². The monoisotopic (exact) mass is 373 g/mol. The van der Waals surface area contributed by atoms with Crippen LogP contribution in [0.25, 0.3) is 5.78 Å². The molecule has 0 aliphatic carbocycles. The highest BCUT2D eigenvalue weighted by molar-refractivity contribution is 9.10. The second-order valence-electron chi connectivity index (χ2n) is 5.31. The molecule has 7 nitrogen and oxygen atoms in total. The summed E-state index contributed by atoms with van der Waals surface area (Å²) < 4.78 is 2.21. The molecule has 1 N–H and O–H groups in total. The zero-order valence-corrected chi connectivity index (χ0v) is 13.5. The van der Waals surface area contributed by atoms with Gasteiger partial charge in [-0.15, -0.1) is 5.10 Å². The van der Waals surface area contributed by atoms with E-state index >= 15 is 0 Å². The number of amides is 1. The van der Waals surface area contributed by atoms with Crippen LogP contribution in [0.1, 0.15) is 22.1 Å². The number of carbonyl (C=O) groups is 1. The number of aromatic nitrogens is 4. The van der Waals surface area contributed by atoms with Gasteiger partial charge in [-0.1, -0.05) is 18.2 Å². The van der Waals surface area contributed by atoms with Crippen molar-refractivity contribution in [1.82, 2.24) is 19.6 Å². The van der Waals surface area contributed by atoms with Gasteiger partial charge in [-0.25, -0.2) is 9.50 Å². The highest BCUT2D eigenvalue weighted by Crippen LogP contribution is 2.36. The van der Waals surface area contributed by atoms with Gasteiger partial charge in [0.05, 0.1) is 11.1 Å². The Bertz CT molecular complexity index is 910. The smallest absolute Gasteiger partial charge is 0.298 e. The number of aliphatic hydroxyl groups excluding tert-OH is 1. The third-order valence-corrected chi connectivity index (χ3v) is 4.30. The van der Waals surface area contributed by atoms with E-state index in [1.165, 1.54) is 4.52 Å². The molecule has 0 bridgehead atoms. The summed E-state index contributed by atoms with van der Waals surface area (Å²) in [5.74, 6) is 0.0706. The number of para-hydroxylation sites is 1. The maximum atomic E-state index is 12.8. The van der Waals surface area contributed by atoms with E-state index in [4.69, 9.17) is 0 Å². The second-order valence-corrected chi connectivity index (χ2v) is 6.22. The van der Waals surface area contributed by atoms with Crippen LogP contribution >= 0.6 is 15.9 Å². The summed E-state index contributed by atoms with van der Waals surface area (Å²) in [5, 5.41) is 13.7. The molecule has 1 amide bonds. The summed E-state index contributed by atoms with van der Waals surface area (Å²) >= 11 is 3.31. The van der Waals surface area contributed by atoms with E-state index in [0.29, 0.717) is 12.3 Å². The fourth-order valence-corrected chi connectivity index (χ4v) is 3.11. The lowest BCUT2D eigenvalue weighted by molar-refractivity contribution is 0.0977. The van der Waals surface area contributed by atoms with Crippen molar-refractivity contribution in [3.05, 3.63) is 52.5 Å². The summed E-state index contributed by atoms with van der Waals surface area (Å²) in [7, 11) is 0. The van der Waals surface area contributed by atoms with Crippen LogP contribution in [0.5, 0.6) is 0 Å². The number of rotatable bonds is 2. The maximum Gasteiger partial charge on any atom is 0.298 e. The Hall–Kier alpha value is -2.32. The number of hydrogen-bond donors (Lipinski definition) is 1. The zero-order chi connectivity index (χ0) is 16.0. The van der Waals surface area contributed by atoms with Crippen molar-refractivity contribution >= 4 is 33.3 Å². The fraction of sp³-hybridized carbons (Fsp3) is 0.200. The van der Waals surface area contributed by atoms with Crippen molar-refractivity contribution in [2.75, 3.05) is 18.1 Å². The van der Waals surface area contributed by atoms with Gasteiger partial charge < -0.3 is 10.0 Å². The normalized spacial score (nSPS) is 16.8. The van der Waals surface area contributed by atoms with Gasteiger partial charge in [0.25, 0.3) is 11.7 Å². The number of benzene rings is 1. The molecule has 1 aliphatic rings. The summed E-state index contributed by atoms with van der Waals surface area (Å²) in [4.78, 5) is 22.7. The summed E-state index contributed by atoms with van der Waals surface area (Å²) in [5.41, 5.74) is 1.76. The summed E-state index contributed by atoms with van der Waals surface area (Å²) in [6, 6.07) is 7.57. The molecule has 2 aromatic heterocycles. The molecule has 1 aliphatic heterocycles. The molecular formula is C15H12BrN5O2. The molecule has 0 spiro atoms. The molecule has 0 fully saturated rings. The molecule has 23 heavy (non-hydrogen) atoms. The van der Waals surface area contributed by atoms with Crippen LogP contribution in [0.2, 0.25) is 0 Å². The highest BCUT2D eigenvalue weighted by atomic mass is 79.9. The van der Waals surface area contributed by atoms with E-state index in [9.17, 15) is 9.90 Å². The van der Waals surface area contributed by atoms with Gasteiger partial charge in [0, 0.05) is 30.5 Å². The van der Waals surface area contributed by atoms with Crippen molar-refractivity contribution in [2.45, 2.75) is 5.92 Å². The summed E-state index contributed by atoms with van der Waals surface area (Å²) in [6.07, 6.45) is 3.30. The van der Waals surface area contributed by atoms with Crippen LogP contribution in [0.15, 0.2) is 41.1 Å². The standard InChI is InChI=1S/C15H12BrN5O2/c16-10-5-17-15-18-13(19-21(15)7-10)14(23)20-6-9(8-22)11-3-1-2-4-12(11)20/h1-5,7,9,22H,6,8H2. The number of fused-ring (bicyclic) bond motifs is 2. The Morgan fingerprint density at radius 2 is 2.22 bits per heavy atom. The Morgan fingerprint density at radius 1 is 1.39 bits per heavy atom. The Labute approximate surface area is 139 Å². The van der Waals surface area contributed by atoms with Gasteiger partial charge in [-0.3, -0.25) is 4.79 Å². The number of anilines is 1. The first-order valence-corrected chi connectivity index (χ1v) is 7.86. The summed E-state index contributed by atoms with van der Waals surface area (Å²) in [6.45, 7) is 0.412. The van der Waals surface area contributed by atoms with Crippen LogP contribution in [-0.4, -0.2) is 43.7 Å². The Kier molecular flexibility index (Phi) is 3.35. The maximum absolute atomic E-state index is 12.8. The average molecular weight is 374 g/mol. The number of hydrogen-bond acceptors (Lipinski definition) is 5. The molecule has 1 aromatic carbocycles. The largest absolute Gasteiger partial charge is 0.396 e. The molecule has 116 valence electrons. The molecule has 0 radical (unpaired) electrons. The lowest BCUT2D eigenvalue weighted by Gasteiger charge is -2.15. The number of carbonyl (C=O) groups excluding carboxylic acids is 1. The molecule has 1 atom stereocenters. The molecule has 3 heterocycles. The van der Waals surface area contributed by atoms with E-state index in [2.05, 4.69) is 31.0 Å². The van der Waals surface area contributed by atoms with Crippen LogP contribution in [0.3, 0.4) is 0 Å². The van der Waals surface area contributed by atoms with Gasteiger partial charge >= 0.3 is 0 Å². The van der Waals surface area contributed by atoms with Gasteiger partial charge in [-0.2, -0.15) is 4.98 Å². The lowest BCUT2D eigenvalue weighted by Crippen LogP contribution is -2.31. The van der Waals surface area contributed by atoms with Gasteiger partial charge in [0.2, 0.25) is 5.82 Å². The molecule has 1 unspecified atom stereocenters. The first-order valence-electron chi connectivity index (χ1n) is 7.07. The van der Waals surface area contributed by atoms with Crippen molar-refractivity contribution in [2.24, 2.45) is 0 Å². The predicted octanol–water partition coefficient (Wildman–Crippen LogP) is 1.62. The minimum Gasteiger partial charge on any atom is -0.396 e. The van der Waals surface area contributed by atoms with E-state index in [-0.39, 0.29) is 24.3 Å². The molecule has 4 rings (SSSR count). The van der Waals surface area contributed by atoms with Crippen molar-refractivity contribution in [3.63, 3.8) is 0 Å². The second kappa shape index (κ2) is 5.39. The van der Waals surface area contributed by atoms with Crippen LogP contribution in [0.4, 0.5) is 5.69 Å². The van der Waals surface area contributed by atoms with Crippen molar-refractivity contribution in [1.29, 1.82) is 0 Å². The number of aliphatic hydroxyl groups is 1. The van der Waals surface area contributed by atoms with E-state index in [1.807, 2.05) is 24.3 Å². The molecule has 0 saturated carbocycles. The third kappa shape index (κ3) is 2.30.